The maximum atomic E-state index is 4.98. The molecule has 2 aromatic heterocycles. The molecule has 23 heavy (non-hydrogen) atoms. The molecule has 1 saturated heterocycles. The average Bonchev–Trinajstić information content (AvgIpc) is 3.09. The van der Waals surface area contributed by atoms with Crippen LogP contribution in [0.3, 0.4) is 0 Å². The Kier molecular flexibility index (Phi) is 4.12. The molecule has 3 heterocycles. The summed E-state index contributed by atoms with van der Waals surface area (Å²) in [4.78, 5) is 5.33. The van der Waals surface area contributed by atoms with E-state index in [1.165, 1.54) is 19.3 Å². The lowest BCUT2D eigenvalue weighted by atomic mass is 10.2. The number of benzene rings is 1. The number of piperidine rings is 1. The molecule has 0 atom stereocenters. The molecular weight excluding hydrogens is 310 g/mol. The Morgan fingerprint density at radius 1 is 1.00 bits per heavy atom. The first-order chi connectivity index (χ1) is 11.4. The van der Waals surface area contributed by atoms with E-state index in [2.05, 4.69) is 25.7 Å². The van der Waals surface area contributed by atoms with E-state index in [1.807, 2.05) is 30.3 Å². The van der Waals surface area contributed by atoms with Gasteiger partial charge in [-0.15, -0.1) is 0 Å². The Labute approximate surface area is 138 Å². The molecule has 0 unspecified atom stereocenters. The quantitative estimate of drug-likeness (QED) is 0.785. The summed E-state index contributed by atoms with van der Waals surface area (Å²) < 4.78 is 4.98. The third kappa shape index (κ3) is 3.16. The SMILES string of the molecule is c1ccc(Sc2ccc(NN3CCCCC3)c3nonc23)nc1. The number of hydrogen-bond donors (Lipinski definition) is 1. The Hall–Kier alpha value is -2.12. The molecule has 7 heteroatoms. The van der Waals surface area contributed by atoms with Gasteiger partial charge in [0.05, 0.1) is 5.69 Å². The van der Waals surface area contributed by atoms with Crippen LogP contribution in [0.5, 0.6) is 0 Å². The average molecular weight is 327 g/mol. The maximum Gasteiger partial charge on any atom is 0.160 e. The van der Waals surface area contributed by atoms with E-state index in [0.717, 1.165) is 39.7 Å². The molecule has 0 saturated carbocycles. The molecule has 118 valence electrons. The van der Waals surface area contributed by atoms with Crippen LogP contribution in [-0.2, 0) is 0 Å². The summed E-state index contributed by atoms with van der Waals surface area (Å²) in [5, 5.41) is 11.3. The second-order valence-corrected chi connectivity index (χ2v) is 6.56. The first-order valence-electron chi connectivity index (χ1n) is 7.76. The number of anilines is 1. The van der Waals surface area contributed by atoms with E-state index >= 15 is 0 Å². The minimum Gasteiger partial charge on any atom is -0.317 e. The van der Waals surface area contributed by atoms with Crippen LogP contribution in [0.25, 0.3) is 11.0 Å². The van der Waals surface area contributed by atoms with Crippen LogP contribution >= 0.6 is 11.8 Å². The zero-order valence-corrected chi connectivity index (χ0v) is 13.4. The molecule has 4 rings (SSSR count). The van der Waals surface area contributed by atoms with E-state index in [1.54, 1.807) is 18.0 Å². The van der Waals surface area contributed by atoms with Gasteiger partial charge in [0.15, 0.2) is 11.0 Å². The van der Waals surface area contributed by atoms with Crippen molar-refractivity contribution in [1.29, 1.82) is 0 Å². The van der Waals surface area contributed by atoms with Gasteiger partial charge in [0.1, 0.15) is 5.03 Å². The van der Waals surface area contributed by atoms with Crippen LogP contribution in [0.2, 0.25) is 0 Å². The number of aromatic nitrogens is 3. The molecule has 1 aliphatic heterocycles. The molecule has 6 nitrogen and oxygen atoms in total. The number of rotatable bonds is 4. The fraction of sp³-hybridized carbons (Fsp3) is 0.312. The van der Waals surface area contributed by atoms with Crippen LogP contribution in [0.4, 0.5) is 5.69 Å². The highest BCUT2D eigenvalue weighted by atomic mass is 32.2. The third-order valence-electron chi connectivity index (χ3n) is 3.87. The summed E-state index contributed by atoms with van der Waals surface area (Å²) in [6, 6.07) is 9.93. The van der Waals surface area contributed by atoms with E-state index in [9.17, 15) is 0 Å². The van der Waals surface area contributed by atoms with Crippen molar-refractivity contribution in [2.45, 2.75) is 29.2 Å². The monoisotopic (exact) mass is 327 g/mol. The summed E-state index contributed by atoms with van der Waals surface area (Å²) >= 11 is 1.56. The first-order valence-corrected chi connectivity index (χ1v) is 8.57. The van der Waals surface area contributed by atoms with Crippen molar-refractivity contribution in [3.05, 3.63) is 36.5 Å². The highest BCUT2D eigenvalue weighted by Gasteiger charge is 2.16. The number of hydrogen-bond acceptors (Lipinski definition) is 7. The first kappa shape index (κ1) is 14.5. The molecular formula is C16H17N5OS. The molecule has 0 bridgehead atoms. The van der Waals surface area contributed by atoms with Gasteiger partial charge in [-0.3, -0.25) is 0 Å². The van der Waals surface area contributed by atoms with Crippen molar-refractivity contribution >= 4 is 28.5 Å². The summed E-state index contributed by atoms with van der Waals surface area (Å²) in [5.41, 5.74) is 5.91. The van der Waals surface area contributed by atoms with Crippen molar-refractivity contribution < 1.29 is 4.63 Å². The van der Waals surface area contributed by atoms with Crippen LogP contribution in [0.1, 0.15) is 19.3 Å². The predicted molar refractivity (Wildman–Crippen MR) is 89.2 cm³/mol. The largest absolute Gasteiger partial charge is 0.317 e. The highest BCUT2D eigenvalue weighted by Crippen LogP contribution is 2.34. The van der Waals surface area contributed by atoms with E-state index in [0.29, 0.717) is 0 Å². The summed E-state index contributed by atoms with van der Waals surface area (Å²) in [6.07, 6.45) is 5.53. The van der Waals surface area contributed by atoms with Crippen molar-refractivity contribution in [3.63, 3.8) is 0 Å². The summed E-state index contributed by atoms with van der Waals surface area (Å²) in [6.45, 7) is 2.11. The minimum atomic E-state index is 0.761. The Balaban J connectivity index is 1.62. The second-order valence-electron chi connectivity index (χ2n) is 5.50. The Morgan fingerprint density at radius 3 is 2.70 bits per heavy atom. The van der Waals surface area contributed by atoms with Crippen molar-refractivity contribution in [2.75, 3.05) is 18.5 Å². The van der Waals surface area contributed by atoms with Crippen molar-refractivity contribution in [1.82, 2.24) is 20.3 Å². The van der Waals surface area contributed by atoms with Gasteiger partial charge in [-0.2, -0.15) is 0 Å². The molecule has 1 aliphatic rings. The molecule has 0 spiro atoms. The van der Waals surface area contributed by atoms with Gasteiger partial charge < -0.3 is 5.43 Å². The Bertz CT molecular complexity index is 786. The van der Waals surface area contributed by atoms with Gasteiger partial charge in [-0.1, -0.05) is 24.2 Å². The second kappa shape index (κ2) is 6.55. The third-order valence-corrected chi connectivity index (χ3v) is 4.87. The standard InChI is InChI=1S/C16H17N5OS/c1-4-10-21(11-5-1)18-12-7-8-13(16-15(12)19-22-20-16)23-14-6-2-3-9-17-14/h2-3,6-9,18H,1,4-5,10-11H2. The normalized spacial score (nSPS) is 15.8. The fourth-order valence-electron chi connectivity index (χ4n) is 2.71. The molecule has 1 aromatic carbocycles. The van der Waals surface area contributed by atoms with Crippen molar-refractivity contribution in [2.24, 2.45) is 0 Å². The van der Waals surface area contributed by atoms with E-state index < -0.39 is 0 Å². The van der Waals surface area contributed by atoms with Crippen LogP contribution in [0, 0.1) is 0 Å². The molecule has 0 aliphatic carbocycles. The lowest BCUT2D eigenvalue weighted by Crippen LogP contribution is -2.34. The van der Waals surface area contributed by atoms with Crippen LogP contribution < -0.4 is 5.43 Å². The lowest BCUT2D eigenvalue weighted by Gasteiger charge is -2.27. The summed E-state index contributed by atoms with van der Waals surface area (Å²) in [7, 11) is 0. The molecule has 0 amide bonds. The number of nitrogens with zero attached hydrogens (tertiary/aromatic N) is 4. The van der Waals surface area contributed by atoms with Gasteiger partial charge in [-0.25, -0.2) is 14.6 Å². The zero-order chi connectivity index (χ0) is 15.5. The van der Waals surface area contributed by atoms with E-state index in [4.69, 9.17) is 4.63 Å². The topological polar surface area (TPSA) is 67.1 Å². The van der Waals surface area contributed by atoms with Gasteiger partial charge in [0, 0.05) is 24.2 Å². The smallest absolute Gasteiger partial charge is 0.160 e. The molecule has 0 radical (unpaired) electrons. The molecule has 1 N–H and O–H groups in total. The van der Waals surface area contributed by atoms with Crippen LogP contribution in [0.15, 0.2) is 51.1 Å². The number of nitrogens with one attached hydrogen (secondary N) is 1. The maximum absolute atomic E-state index is 4.98. The van der Waals surface area contributed by atoms with Gasteiger partial charge >= 0.3 is 0 Å². The fourth-order valence-corrected chi connectivity index (χ4v) is 3.56. The number of pyridine rings is 1. The van der Waals surface area contributed by atoms with Crippen molar-refractivity contribution in [3.8, 4) is 0 Å². The highest BCUT2D eigenvalue weighted by molar-refractivity contribution is 7.99. The zero-order valence-electron chi connectivity index (χ0n) is 12.6. The van der Waals surface area contributed by atoms with Crippen LogP contribution in [-0.4, -0.2) is 33.4 Å². The summed E-state index contributed by atoms with van der Waals surface area (Å²) in [5.74, 6) is 0. The predicted octanol–water partition coefficient (Wildman–Crippen LogP) is 3.58. The van der Waals surface area contributed by atoms with Gasteiger partial charge in [0.2, 0.25) is 0 Å². The number of hydrazine groups is 1. The molecule has 3 aromatic rings. The minimum absolute atomic E-state index is 0.761. The van der Waals surface area contributed by atoms with E-state index in [-0.39, 0.29) is 0 Å². The van der Waals surface area contributed by atoms with Gasteiger partial charge in [-0.05, 0) is 47.4 Å². The molecule has 1 fully saturated rings. The number of fused-ring (bicyclic) bond motifs is 1. The lowest BCUT2D eigenvalue weighted by molar-refractivity contribution is 0.273. The Morgan fingerprint density at radius 2 is 1.87 bits per heavy atom. The van der Waals surface area contributed by atoms with Gasteiger partial charge in [0.25, 0.3) is 0 Å².